The van der Waals surface area contributed by atoms with E-state index in [1.54, 1.807) is 6.07 Å². The molecule has 0 bridgehead atoms. The van der Waals surface area contributed by atoms with Crippen LogP contribution in [0, 0.1) is 0 Å². The molecule has 0 aliphatic heterocycles. The van der Waals surface area contributed by atoms with Crippen molar-refractivity contribution in [3.8, 4) is 0 Å². The Balaban J connectivity index is 2.40. The van der Waals surface area contributed by atoms with Crippen molar-refractivity contribution < 1.29 is 4.79 Å². The van der Waals surface area contributed by atoms with E-state index in [1.165, 1.54) is 0 Å². The molecule has 88 valence electrons. The van der Waals surface area contributed by atoms with Crippen molar-refractivity contribution in [3.05, 3.63) is 33.8 Å². The molecule has 0 saturated carbocycles. The Hall–Kier alpha value is -0.530. The summed E-state index contributed by atoms with van der Waals surface area (Å²) in [6.45, 7) is 2.02. The number of carbonyl (C=O) groups excluding carboxylic acids is 1. The van der Waals surface area contributed by atoms with E-state index in [-0.39, 0.29) is 0 Å². The molecule has 1 rings (SSSR count). The molecule has 0 amide bonds. The summed E-state index contributed by atoms with van der Waals surface area (Å²) >= 11 is 11.8. The summed E-state index contributed by atoms with van der Waals surface area (Å²) < 4.78 is 0. The van der Waals surface area contributed by atoms with E-state index in [2.05, 4.69) is 0 Å². The second-order valence-corrected chi connectivity index (χ2v) is 4.72. The average Bonchev–Trinajstić information content (AvgIpc) is 2.22. The SMILES string of the molecule is CCCC(=O)CCCc1ccc(Cl)cc1Cl. The standard InChI is InChI=1S/C13H16Cl2O/c1-2-4-12(16)6-3-5-10-7-8-11(14)9-13(10)15/h7-9H,2-6H2,1H3. The first-order chi connectivity index (χ1) is 7.63. The van der Waals surface area contributed by atoms with Gasteiger partial charge >= 0.3 is 0 Å². The second kappa shape index (κ2) is 6.93. The molecule has 0 aliphatic rings. The Morgan fingerprint density at radius 2 is 2.00 bits per heavy atom. The number of aryl methyl sites for hydroxylation is 1. The molecule has 1 nitrogen and oxygen atoms in total. The highest BCUT2D eigenvalue weighted by Gasteiger charge is 2.04. The molecular formula is C13H16Cl2O. The number of halogens is 2. The van der Waals surface area contributed by atoms with Gasteiger partial charge in [-0.2, -0.15) is 0 Å². The normalized spacial score (nSPS) is 10.4. The topological polar surface area (TPSA) is 17.1 Å². The van der Waals surface area contributed by atoms with Gasteiger partial charge in [-0.25, -0.2) is 0 Å². The third-order valence-corrected chi connectivity index (χ3v) is 3.03. The van der Waals surface area contributed by atoms with E-state index in [0.29, 0.717) is 28.7 Å². The van der Waals surface area contributed by atoms with Gasteiger partial charge in [-0.3, -0.25) is 4.79 Å². The fourth-order valence-corrected chi connectivity index (χ4v) is 2.11. The third kappa shape index (κ3) is 4.54. The highest BCUT2D eigenvalue weighted by atomic mass is 35.5. The minimum Gasteiger partial charge on any atom is -0.300 e. The maximum Gasteiger partial charge on any atom is 0.132 e. The molecule has 0 unspecified atom stereocenters. The van der Waals surface area contributed by atoms with Crippen LogP contribution in [0.25, 0.3) is 0 Å². The van der Waals surface area contributed by atoms with Gasteiger partial charge in [-0.15, -0.1) is 0 Å². The van der Waals surface area contributed by atoms with Gasteiger partial charge in [0, 0.05) is 22.9 Å². The van der Waals surface area contributed by atoms with Gasteiger partial charge in [0.25, 0.3) is 0 Å². The number of carbonyl (C=O) groups is 1. The Labute approximate surface area is 107 Å². The Morgan fingerprint density at radius 1 is 1.25 bits per heavy atom. The highest BCUT2D eigenvalue weighted by Crippen LogP contribution is 2.22. The minimum absolute atomic E-state index is 0.340. The summed E-state index contributed by atoms with van der Waals surface area (Å²) in [5, 5.41) is 1.34. The highest BCUT2D eigenvalue weighted by molar-refractivity contribution is 6.35. The molecule has 0 N–H and O–H groups in total. The van der Waals surface area contributed by atoms with Gasteiger partial charge in [-0.05, 0) is 37.0 Å². The lowest BCUT2D eigenvalue weighted by molar-refractivity contribution is -0.119. The predicted octanol–water partition coefficient (Wildman–Crippen LogP) is 4.69. The van der Waals surface area contributed by atoms with Crippen molar-refractivity contribution in [2.45, 2.75) is 39.0 Å². The largest absolute Gasteiger partial charge is 0.300 e. The van der Waals surface area contributed by atoms with E-state index in [9.17, 15) is 4.79 Å². The van der Waals surface area contributed by atoms with E-state index < -0.39 is 0 Å². The van der Waals surface area contributed by atoms with Gasteiger partial charge in [0.05, 0.1) is 0 Å². The number of Topliss-reactive ketones (excluding diaryl/α,β-unsaturated/α-hetero) is 1. The molecule has 0 aliphatic carbocycles. The number of hydrogen-bond acceptors (Lipinski definition) is 1. The second-order valence-electron chi connectivity index (χ2n) is 3.88. The molecule has 0 aromatic heterocycles. The van der Waals surface area contributed by atoms with Crippen molar-refractivity contribution in [1.82, 2.24) is 0 Å². The third-order valence-electron chi connectivity index (χ3n) is 2.45. The maximum atomic E-state index is 11.3. The van der Waals surface area contributed by atoms with Gasteiger partial charge in [0.2, 0.25) is 0 Å². The smallest absolute Gasteiger partial charge is 0.132 e. The van der Waals surface area contributed by atoms with Crippen LogP contribution in [0.3, 0.4) is 0 Å². The monoisotopic (exact) mass is 258 g/mol. The van der Waals surface area contributed by atoms with Crippen LogP contribution in [0.2, 0.25) is 10.0 Å². The van der Waals surface area contributed by atoms with Crippen LogP contribution in [0.4, 0.5) is 0 Å². The number of rotatable bonds is 6. The van der Waals surface area contributed by atoms with Crippen LogP contribution >= 0.6 is 23.2 Å². The van der Waals surface area contributed by atoms with Crippen LogP contribution in [-0.4, -0.2) is 5.78 Å². The number of ketones is 1. The lowest BCUT2D eigenvalue weighted by Crippen LogP contribution is -1.98. The molecule has 0 fully saturated rings. The van der Waals surface area contributed by atoms with Crippen molar-refractivity contribution in [2.75, 3.05) is 0 Å². The zero-order valence-electron chi connectivity index (χ0n) is 9.43. The summed E-state index contributed by atoms with van der Waals surface area (Å²) in [5.74, 6) is 0.340. The molecule has 16 heavy (non-hydrogen) atoms. The Bertz CT molecular complexity index is 361. The first-order valence-electron chi connectivity index (χ1n) is 5.59. The number of benzene rings is 1. The van der Waals surface area contributed by atoms with E-state index >= 15 is 0 Å². The lowest BCUT2D eigenvalue weighted by atomic mass is 10.0. The first-order valence-corrected chi connectivity index (χ1v) is 6.34. The molecule has 0 saturated heterocycles. The van der Waals surface area contributed by atoms with Gasteiger partial charge < -0.3 is 0 Å². The van der Waals surface area contributed by atoms with Crippen LogP contribution in [0.1, 0.15) is 38.2 Å². The van der Waals surface area contributed by atoms with Crippen molar-refractivity contribution >= 4 is 29.0 Å². The zero-order chi connectivity index (χ0) is 12.0. The van der Waals surface area contributed by atoms with Crippen LogP contribution in [0.15, 0.2) is 18.2 Å². The first kappa shape index (κ1) is 13.5. The lowest BCUT2D eigenvalue weighted by Gasteiger charge is -2.04. The number of hydrogen-bond donors (Lipinski definition) is 0. The Morgan fingerprint density at radius 3 is 2.62 bits per heavy atom. The molecule has 1 aromatic carbocycles. The molecule has 0 atom stereocenters. The summed E-state index contributed by atoms with van der Waals surface area (Å²) in [4.78, 5) is 11.3. The van der Waals surface area contributed by atoms with Crippen LogP contribution in [-0.2, 0) is 11.2 Å². The molecular weight excluding hydrogens is 243 g/mol. The molecule has 0 radical (unpaired) electrons. The quantitative estimate of drug-likeness (QED) is 0.724. The van der Waals surface area contributed by atoms with Gasteiger partial charge in [0.15, 0.2) is 0 Å². The van der Waals surface area contributed by atoms with Crippen molar-refractivity contribution in [1.29, 1.82) is 0 Å². The molecule has 3 heteroatoms. The summed E-state index contributed by atoms with van der Waals surface area (Å²) in [6.07, 6.45) is 3.97. The van der Waals surface area contributed by atoms with Gasteiger partial charge in [-0.1, -0.05) is 36.2 Å². The molecule has 1 aromatic rings. The van der Waals surface area contributed by atoms with Crippen LogP contribution < -0.4 is 0 Å². The van der Waals surface area contributed by atoms with E-state index in [4.69, 9.17) is 23.2 Å². The molecule has 0 spiro atoms. The maximum absolute atomic E-state index is 11.3. The average molecular weight is 259 g/mol. The fourth-order valence-electron chi connectivity index (χ4n) is 1.60. The Kier molecular flexibility index (Phi) is 5.86. The van der Waals surface area contributed by atoms with Gasteiger partial charge in [0.1, 0.15) is 5.78 Å². The van der Waals surface area contributed by atoms with E-state index in [0.717, 1.165) is 24.8 Å². The summed E-state index contributed by atoms with van der Waals surface area (Å²) in [5.41, 5.74) is 1.07. The van der Waals surface area contributed by atoms with E-state index in [1.807, 2.05) is 19.1 Å². The predicted molar refractivity (Wildman–Crippen MR) is 69.3 cm³/mol. The van der Waals surface area contributed by atoms with Crippen molar-refractivity contribution in [2.24, 2.45) is 0 Å². The summed E-state index contributed by atoms with van der Waals surface area (Å²) in [7, 11) is 0. The van der Waals surface area contributed by atoms with Crippen LogP contribution in [0.5, 0.6) is 0 Å². The van der Waals surface area contributed by atoms with Crippen molar-refractivity contribution in [3.63, 3.8) is 0 Å². The zero-order valence-corrected chi connectivity index (χ0v) is 10.9. The minimum atomic E-state index is 0.340. The molecule has 0 heterocycles. The summed E-state index contributed by atoms with van der Waals surface area (Å²) in [6, 6.07) is 5.50. The fraction of sp³-hybridized carbons (Fsp3) is 0.462.